The summed E-state index contributed by atoms with van der Waals surface area (Å²) in [4.78, 5) is 26.9. The number of carbonyl (C=O) groups excluding carboxylic acids is 2. The summed E-state index contributed by atoms with van der Waals surface area (Å²) in [7, 11) is 0. The third kappa shape index (κ3) is 2.92. The number of hydrogen-bond donors (Lipinski definition) is 0. The second-order valence-corrected chi connectivity index (χ2v) is 6.94. The molecule has 4 heteroatoms. The van der Waals surface area contributed by atoms with Crippen LogP contribution >= 0.6 is 0 Å². The van der Waals surface area contributed by atoms with Crippen LogP contribution in [0.3, 0.4) is 0 Å². The Balaban J connectivity index is 1.48. The number of amides is 2. The molecule has 26 heavy (non-hydrogen) atoms. The summed E-state index contributed by atoms with van der Waals surface area (Å²) in [5.41, 5.74) is 1.71. The van der Waals surface area contributed by atoms with Gasteiger partial charge in [-0.05, 0) is 42.2 Å². The van der Waals surface area contributed by atoms with Gasteiger partial charge in [-0.1, -0.05) is 49.4 Å². The van der Waals surface area contributed by atoms with E-state index in [1.54, 1.807) is 12.1 Å². The number of benzene rings is 2. The van der Waals surface area contributed by atoms with E-state index in [1.165, 1.54) is 4.90 Å². The highest BCUT2D eigenvalue weighted by Gasteiger charge is 2.50. The smallest absolute Gasteiger partial charge is 0.238 e. The molecule has 1 saturated heterocycles. The van der Waals surface area contributed by atoms with Crippen molar-refractivity contribution in [3.05, 3.63) is 72.3 Å². The molecule has 4 nitrogen and oxygen atoms in total. The van der Waals surface area contributed by atoms with Crippen LogP contribution in [0, 0.1) is 17.8 Å². The summed E-state index contributed by atoms with van der Waals surface area (Å²) >= 11 is 0. The van der Waals surface area contributed by atoms with E-state index < -0.39 is 0 Å². The van der Waals surface area contributed by atoms with Gasteiger partial charge in [-0.25, -0.2) is 0 Å². The molecule has 2 aromatic carbocycles. The van der Waals surface area contributed by atoms with Crippen LogP contribution in [-0.2, 0) is 16.2 Å². The SMILES string of the molecule is C[C@H]1C=CC[C@@H]2C(=O)N(c3ccc(OCc4ccccc4)cc3)C(=O)[C@@H]21. The molecule has 2 aliphatic rings. The first-order valence-electron chi connectivity index (χ1n) is 8.96. The summed E-state index contributed by atoms with van der Waals surface area (Å²) in [5, 5.41) is 0. The van der Waals surface area contributed by atoms with Crippen molar-refractivity contribution in [1.82, 2.24) is 0 Å². The van der Waals surface area contributed by atoms with E-state index in [2.05, 4.69) is 0 Å². The lowest BCUT2D eigenvalue weighted by atomic mass is 9.78. The fourth-order valence-corrected chi connectivity index (χ4v) is 3.83. The Hall–Kier alpha value is -2.88. The lowest BCUT2D eigenvalue weighted by Gasteiger charge is -2.22. The largest absolute Gasteiger partial charge is 0.489 e. The van der Waals surface area contributed by atoms with E-state index in [0.29, 0.717) is 24.5 Å². The maximum absolute atomic E-state index is 12.8. The molecule has 2 amide bonds. The Labute approximate surface area is 153 Å². The second kappa shape index (κ2) is 6.79. The monoisotopic (exact) mass is 347 g/mol. The molecule has 0 aromatic heterocycles. The standard InChI is InChI=1S/C22H21NO3/c1-15-6-5-9-19-20(15)22(25)23(21(19)24)17-10-12-18(13-11-17)26-14-16-7-3-2-4-8-16/h2-8,10-13,15,19-20H,9,14H2,1H3/t15-,19-,20+/m0/s1. The Morgan fingerprint density at radius 2 is 1.73 bits per heavy atom. The van der Waals surface area contributed by atoms with Gasteiger partial charge in [0.2, 0.25) is 11.8 Å². The van der Waals surface area contributed by atoms with Crippen molar-refractivity contribution >= 4 is 17.5 Å². The van der Waals surface area contributed by atoms with Gasteiger partial charge in [0.15, 0.2) is 0 Å². The van der Waals surface area contributed by atoms with Crippen LogP contribution in [0.15, 0.2) is 66.7 Å². The summed E-state index contributed by atoms with van der Waals surface area (Å²) in [6, 6.07) is 17.1. The van der Waals surface area contributed by atoms with E-state index in [1.807, 2.05) is 61.5 Å². The lowest BCUT2D eigenvalue weighted by molar-refractivity contribution is -0.122. The van der Waals surface area contributed by atoms with E-state index in [0.717, 1.165) is 5.56 Å². The maximum atomic E-state index is 12.8. The molecule has 0 N–H and O–H groups in total. The number of nitrogens with zero attached hydrogens (tertiary/aromatic N) is 1. The van der Waals surface area contributed by atoms with Crippen molar-refractivity contribution in [3.8, 4) is 5.75 Å². The van der Waals surface area contributed by atoms with E-state index in [4.69, 9.17) is 4.74 Å². The summed E-state index contributed by atoms with van der Waals surface area (Å²) in [6.45, 7) is 2.48. The predicted octanol–water partition coefficient (Wildman–Crippen LogP) is 3.97. The Bertz CT molecular complexity index is 841. The Kier molecular flexibility index (Phi) is 4.33. The number of hydrogen-bond acceptors (Lipinski definition) is 3. The summed E-state index contributed by atoms with van der Waals surface area (Å²) in [6.07, 6.45) is 4.70. The van der Waals surface area contributed by atoms with Gasteiger partial charge in [0.1, 0.15) is 12.4 Å². The van der Waals surface area contributed by atoms with Gasteiger partial charge in [0.05, 0.1) is 17.5 Å². The molecule has 1 aliphatic heterocycles. The minimum absolute atomic E-state index is 0.0881. The second-order valence-electron chi connectivity index (χ2n) is 6.94. The van der Waals surface area contributed by atoms with Crippen LogP contribution in [0.4, 0.5) is 5.69 Å². The van der Waals surface area contributed by atoms with Crippen LogP contribution in [0.1, 0.15) is 18.9 Å². The van der Waals surface area contributed by atoms with E-state index in [9.17, 15) is 9.59 Å². The van der Waals surface area contributed by atoms with Crippen LogP contribution in [0.5, 0.6) is 5.75 Å². The van der Waals surface area contributed by atoms with Gasteiger partial charge in [-0.2, -0.15) is 0 Å². The normalized spacial score (nSPS) is 24.7. The molecule has 0 radical (unpaired) electrons. The van der Waals surface area contributed by atoms with Crippen LogP contribution in [-0.4, -0.2) is 11.8 Å². The van der Waals surface area contributed by atoms with Gasteiger partial charge < -0.3 is 4.74 Å². The first-order chi connectivity index (χ1) is 12.6. The molecule has 4 rings (SSSR count). The third-order valence-electron chi connectivity index (χ3n) is 5.22. The van der Waals surface area contributed by atoms with Crippen molar-refractivity contribution in [3.63, 3.8) is 0 Å². The van der Waals surface area contributed by atoms with Gasteiger partial charge in [0.25, 0.3) is 0 Å². The van der Waals surface area contributed by atoms with Crippen LogP contribution < -0.4 is 9.64 Å². The topological polar surface area (TPSA) is 46.6 Å². The van der Waals surface area contributed by atoms with Gasteiger partial charge in [-0.15, -0.1) is 0 Å². The molecule has 1 heterocycles. The van der Waals surface area contributed by atoms with Crippen LogP contribution in [0.2, 0.25) is 0 Å². The van der Waals surface area contributed by atoms with Crippen molar-refractivity contribution in [2.45, 2.75) is 20.0 Å². The highest BCUT2D eigenvalue weighted by molar-refractivity contribution is 6.22. The number of rotatable bonds is 4. The van der Waals surface area contributed by atoms with Gasteiger partial charge in [0, 0.05) is 0 Å². The van der Waals surface area contributed by atoms with Crippen molar-refractivity contribution in [2.75, 3.05) is 4.90 Å². The maximum Gasteiger partial charge on any atom is 0.238 e. The molecule has 0 spiro atoms. The molecule has 2 aromatic rings. The average Bonchev–Trinajstić information content (AvgIpc) is 2.93. The number of ether oxygens (including phenoxy) is 1. The molecule has 0 unspecified atom stereocenters. The minimum atomic E-state index is -0.235. The van der Waals surface area contributed by atoms with Crippen molar-refractivity contribution in [2.24, 2.45) is 17.8 Å². The third-order valence-corrected chi connectivity index (χ3v) is 5.22. The molecule has 0 saturated carbocycles. The molecule has 0 bridgehead atoms. The Morgan fingerprint density at radius 3 is 2.42 bits per heavy atom. The molecule has 1 fully saturated rings. The zero-order valence-electron chi connectivity index (χ0n) is 14.7. The first kappa shape index (κ1) is 16.6. The number of imide groups is 1. The number of carbonyl (C=O) groups is 2. The van der Waals surface area contributed by atoms with Crippen LogP contribution in [0.25, 0.3) is 0 Å². The number of allylic oxidation sites excluding steroid dienone is 2. The zero-order valence-corrected chi connectivity index (χ0v) is 14.7. The highest BCUT2D eigenvalue weighted by atomic mass is 16.5. The van der Waals surface area contributed by atoms with Crippen molar-refractivity contribution < 1.29 is 14.3 Å². The fraction of sp³-hybridized carbons (Fsp3) is 0.273. The molecule has 1 aliphatic carbocycles. The molecular formula is C22H21NO3. The first-order valence-corrected chi connectivity index (χ1v) is 8.96. The zero-order chi connectivity index (χ0) is 18.1. The fourth-order valence-electron chi connectivity index (χ4n) is 3.83. The van der Waals surface area contributed by atoms with Crippen molar-refractivity contribution in [1.29, 1.82) is 0 Å². The quantitative estimate of drug-likeness (QED) is 0.621. The number of fused-ring (bicyclic) bond motifs is 1. The summed E-state index contributed by atoms with van der Waals surface area (Å²) < 4.78 is 5.78. The van der Waals surface area contributed by atoms with Gasteiger partial charge in [-0.3, -0.25) is 14.5 Å². The van der Waals surface area contributed by atoms with Gasteiger partial charge >= 0.3 is 0 Å². The average molecular weight is 347 g/mol. The molecular weight excluding hydrogens is 326 g/mol. The molecule has 132 valence electrons. The lowest BCUT2D eigenvalue weighted by Crippen LogP contribution is -2.31. The molecule has 3 atom stereocenters. The minimum Gasteiger partial charge on any atom is -0.489 e. The highest BCUT2D eigenvalue weighted by Crippen LogP contribution is 2.40. The van der Waals surface area contributed by atoms with E-state index >= 15 is 0 Å². The predicted molar refractivity (Wildman–Crippen MR) is 99.6 cm³/mol. The number of anilines is 1. The summed E-state index contributed by atoms with van der Waals surface area (Å²) in [5.74, 6) is 0.176. The van der Waals surface area contributed by atoms with E-state index in [-0.39, 0.29) is 29.6 Å². The Morgan fingerprint density at radius 1 is 1.00 bits per heavy atom.